The molecule has 0 saturated carbocycles. The van der Waals surface area contributed by atoms with Crippen LogP contribution >= 0.6 is 0 Å². The minimum Gasteiger partial charge on any atom is -0.710 e. The number of aryl methyl sites for hydroxylation is 2. The fraction of sp³-hybridized carbons (Fsp3) is 0.250. The Morgan fingerprint density at radius 1 is 0.523 bits per heavy atom. The van der Waals surface area contributed by atoms with Gasteiger partial charge in [0.25, 0.3) is 5.91 Å². The van der Waals surface area contributed by atoms with Crippen LogP contribution in [0.25, 0.3) is 10.9 Å². The van der Waals surface area contributed by atoms with Crippen molar-refractivity contribution in [3.63, 3.8) is 0 Å². The number of rotatable bonds is 1. The number of hydrogen-bond acceptors (Lipinski definition) is 1. The van der Waals surface area contributed by atoms with Crippen molar-refractivity contribution in [2.75, 3.05) is 0 Å². The van der Waals surface area contributed by atoms with Gasteiger partial charge in [-0.05, 0) is 13.8 Å². The third kappa shape index (κ3) is 59.3. The summed E-state index contributed by atoms with van der Waals surface area (Å²) in [7, 11) is 0. The van der Waals surface area contributed by atoms with E-state index in [0.717, 1.165) is 33.2 Å². The quantitative estimate of drug-likeness (QED) is 0.260. The number of carbonyl (C=O) groups excluding carboxylic acids is 1. The van der Waals surface area contributed by atoms with E-state index in [4.69, 9.17) is 11.5 Å². The fourth-order valence-corrected chi connectivity index (χ4v) is 2.48. The van der Waals surface area contributed by atoms with Gasteiger partial charge >= 0.3 is 0 Å². The SMILES string of the molecule is [CH2-]c1c(C)c(C)c(C)c2c(C)c(C(=O)N=C(N)N)[n-]c12.[CH3-].[Y].[Y].[Y].[Y].[Y].[Y].[Y].[Y].[Y].[Y].[Y].[Y].[Y].[Y].[Y].[Y].[Y].[Y].[Y].[Y].[Y].[Y].[Y]. The third-order valence-corrected chi connectivity index (χ3v) is 3.86. The Bertz CT molecular complexity index is 794. The second kappa shape index (κ2) is 92.1. The summed E-state index contributed by atoms with van der Waals surface area (Å²) in [6, 6.07) is 0. The number of carbonyl (C=O) groups is 1. The maximum Gasteiger partial charge on any atom is 0.257 e. The van der Waals surface area contributed by atoms with Crippen LogP contribution in [-0.4, -0.2) is 11.9 Å². The van der Waals surface area contributed by atoms with E-state index in [0.29, 0.717) is 0 Å². The molecule has 0 aliphatic heterocycles. The normalized spacial score (nSPS) is 4.91. The zero-order valence-electron chi connectivity index (χ0n) is 26.4. The first kappa shape index (κ1) is 151. The van der Waals surface area contributed by atoms with E-state index < -0.39 is 5.91 Å². The molecular weight excluding hydrogens is 2310 g/mol. The number of nitrogens with zero attached hydrogens (tertiary/aromatic N) is 2. The van der Waals surface area contributed by atoms with Crippen molar-refractivity contribution in [2.24, 2.45) is 16.5 Å². The Morgan fingerprint density at radius 3 is 1.05 bits per heavy atom. The molecule has 0 bridgehead atoms. The molecule has 0 aliphatic rings. The molecule has 0 saturated heterocycles. The van der Waals surface area contributed by atoms with Crippen molar-refractivity contribution in [1.29, 1.82) is 0 Å². The van der Waals surface area contributed by atoms with Gasteiger partial charge < -0.3 is 23.9 Å². The van der Waals surface area contributed by atoms with Crippen LogP contribution in [0.15, 0.2) is 4.99 Å². The van der Waals surface area contributed by atoms with E-state index in [1.807, 2.05) is 27.7 Å². The number of benzene rings is 1. The van der Waals surface area contributed by atoms with Gasteiger partial charge in [0, 0.05) is 752 Å². The zero-order chi connectivity index (χ0) is 15.2. The number of aliphatic imine (C=N–C) groups is 1. The number of fused-ring (bicyclic) bond motifs is 1. The fourth-order valence-electron chi connectivity index (χ4n) is 2.48. The summed E-state index contributed by atoms with van der Waals surface area (Å²) < 4.78 is 0. The van der Waals surface area contributed by atoms with Crippen LogP contribution in [0.1, 0.15) is 38.3 Å². The Morgan fingerprint density at radius 2 is 0.795 bits per heavy atom. The molecule has 183 valence electrons. The molecule has 28 heteroatoms. The molecule has 4 N–H and O–H groups in total. The van der Waals surface area contributed by atoms with Crippen LogP contribution in [0, 0.1) is 42.0 Å². The van der Waals surface area contributed by atoms with E-state index >= 15 is 0 Å². The van der Waals surface area contributed by atoms with E-state index in [-0.39, 0.29) is 771 Å². The second-order valence-electron chi connectivity index (χ2n) is 5.00. The van der Waals surface area contributed by atoms with Crippen LogP contribution in [0.5, 0.6) is 0 Å². The van der Waals surface area contributed by atoms with E-state index in [1.165, 1.54) is 5.56 Å². The van der Waals surface area contributed by atoms with Crippen LogP contribution in [0.4, 0.5) is 0 Å². The van der Waals surface area contributed by atoms with Crippen LogP contribution in [-0.2, 0) is 752 Å². The smallest absolute Gasteiger partial charge is 0.257 e. The third-order valence-electron chi connectivity index (χ3n) is 3.86. The molecule has 5 nitrogen and oxygen atoms in total. The van der Waals surface area contributed by atoms with Crippen molar-refractivity contribution >= 4 is 22.8 Å². The first-order valence-corrected chi connectivity index (χ1v) is 6.28. The largest absolute Gasteiger partial charge is 0.710 e. The molecule has 0 fully saturated rings. The number of nitrogens with two attached hydrogens (primary N) is 2. The molecule has 1 heterocycles. The average Bonchev–Trinajstić information content (AvgIpc) is 2.71. The van der Waals surface area contributed by atoms with Gasteiger partial charge in [0.1, 0.15) is 0 Å². The van der Waals surface area contributed by atoms with Gasteiger partial charge in [0.2, 0.25) is 0 Å². The molecule has 0 spiro atoms. The molecule has 23 radical (unpaired) electrons. The summed E-state index contributed by atoms with van der Waals surface area (Å²) >= 11 is 0. The molecule has 0 aliphatic carbocycles. The van der Waals surface area contributed by atoms with Crippen molar-refractivity contribution in [3.8, 4) is 0 Å². The predicted molar refractivity (Wildman–Crippen MR) is 87.2 cm³/mol. The predicted octanol–water partition coefficient (Wildman–Crippen LogP) is 2.02. The number of guanidine groups is 1. The van der Waals surface area contributed by atoms with Crippen molar-refractivity contribution in [2.45, 2.75) is 27.7 Å². The monoisotopic (exact) mass is 2330 g/mol. The number of aromatic nitrogens is 1. The molecule has 0 atom stereocenters. The molecule has 44 heavy (non-hydrogen) atoms. The van der Waals surface area contributed by atoms with Gasteiger partial charge in [-0.1, -0.05) is 36.1 Å². The molecular formula is C16H21N4OY23-3. The molecule has 1 amide bonds. The molecule has 0 unspecified atom stereocenters. The van der Waals surface area contributed by atoms with Crippen LogP contribution in [0.2, 0.25) is 0 Å². The second-order valence-corrected chi connectivity index (χ2v) is 5.00. The van der Waals surface area contributed by atoms with Gasteiger partial charge in [-0.15, -0.1) is 5.56 Å². The minimum atomic E-state index is -0.521. The van der Waals surface area contributed by atoms with E-state index in [1.54, 1.807) is 0 Å². The summed E-state index contributed by atoms with van der Waals surface area (Å²) in [6.45, 7) is 12.0. The number of hydrogen-bond donors (Lipinski definition) is 2. The summed E-state index contributed by atoms with van der Waals surface area (Å²) in [4.78, 5) is 20.0. The Kier molecular flexibility index (Phi) is 316. The maximum absolute atomic E-state index is 12.0. The topological polar surface area (TPSA) is 95.6 Å². The van der Waals surface area contributed by atoms with E-state index in [9.17, 15) is 4.79 Å². The van der Waals surface area contributed by atoms with Crippen LogP contribution in [0.3, 0.4) is 0 Å². The first-order chi connectivity index (χ1) is 9.25. The standard InChI is InChI=1S/C15H19N4O.CH3.23Y/c1-6-7(2)9(4)12-11(8(6)3)10(5)13(18-12)14(20)19-15(16)17;;;;;;;;;;;;;;;;;;;;;;;;/h4H2,1-3,5H3,(H5,16,17,18,19,20);1H3;;;;;;;;;;;;;;;;;;;;;;;/q2*-1;;;;;;;;;;;;;;;;;;;;;;;/p-1. The van der Waals surface area contributed by atoms with Crippen LogP contribution < -0.4 is 16.5 Å². The van der Waals surface area contributed by atoms with Gasteiger partial charge in [-0.25, -0.2) is 11.1 Å². The molecule has 1 aromatic carbocycles. The molecule has 2 rings (SSSR count). The van der Waals surface area contributed by atoms with Gasteiger partial charge in [0.15, 0.2) is 5.96 Å². The summed E-state index contributed by atoms with van der Waals surface area (Å²) in [5, 5.41) is 0.965. The Hall–Kier alpha value is 23.0. The van der Waals surface area contributed by atoms with Crippen molar-refractivity contribution in [1.82, 2.24) is 4.98 Å². The van der Waals surface area contributed by atoms with E-state index in [2.05, 4.69) is 16.9 Å². The zero-order valence-corrected chi connectivity index (χ0v) is 91.7. The minimum absolute atomic E-state index is 0. The maximum atomic E-state index is 12.0. The van der Waals surface area contributed by atoms with Crippen molar-refractivity contribution in [3.05, 3.63) is 47.9 Å². The summed E-state index contributed by atoms with van der Waals surface area (Å²) in [6.07, 6.45) is 0. The summed E-state index contributed by atoms with van der Waals surface area (Å²) in [5.41, 5.74) is 16.5. The first-order valence-electron chi connectivity index (χ1n) is 6.28. The van der Waals surface area contributed by atoms with Crippen molar-refractivity contribution < 1.29 is 757 Å². The molecule has 2 aromatic rings. The Balaban J connectivity index is -0.00000000875. The average molecular weight is 2330 g/mol. The van der Waals surface area contributed by atoms with Gasteiger partial charge in [-0.3, -0.25) is 4.79 Å². The molecule has 1 aromatic heterocycles. The Labute approximate surface area is 847 Å². The van der Waals surface area contributed by atoms with Gasteiger partial charge in [0.05, 0.1) is 0 Å². The summed E-state index contributed by atoms with van der Waals surface area (Å²) in [5.74, 6) is -0.784. The number of amides is 1. The van der Waals surface area contributed by atoms with Gasteiger partial charge in [-0.2, -0.15) is 17.5 Å².